The van der Waals surface area contributed by atoms with E-state index in [1.165, 1.54) is 18.6 Å². The first kappa shape index (κ1) is 27.9. The van der Waals surface area contributed by atoms with Gasteiger partial charge in [-0.2, -0.15) is 0 Å². The lowest BCUT2D eigenvalue weighted by molar-refractivity contribution is -0.173. The third-order valence-electron chi connectivity index (χ3n) is 11.1. The van der Waals surface area contributed by atoms with Gasteiger partial charge in [0.25, 0.3) is 0 Å². The van der Waals surface area contributed by atoms with E-state index in [2.05, 4.69) is 20.8 Å². The quantitative estimate of drug-likeness (QED) is 0.385. The molecule has 7 heteroatoms. The number of esters is 3. The number of carbonyl (C=O) groups is 3. The summed E-state index contributed by atoms with van der Waals surface area (Å²) < 4.78 is 17.6. The van der Waals surface area contributed by atoms with E-state index in [9.17, 15) is 19.5 Å². The molecule has 0 bridgehead atoms. The molecule has 1 N–H and O–H groups in total. The Kier molecular flexibility index (Phi) is 6.57. The molecule has 0 radical (unpaired) electrons. The van der Waals surface area contributed by atoms with Crippen LogP contribution in [0, 0.1) is 22.7 Å². The topological polar surface area (TPSA) is 99.1 Å². The van der Waals surface area contributed by atoms with E-state index in [1.807, 2.05) is 12.2 Å². The van der Waals surface area contributed by atoms with Crippen molar-refractivity contribution >= 4 is 17.9 Å². The highest BCUT2D eigenvalue weighted by Gasteiger charge is 2.66. The van der Waals surface area contributed by atoms with Gasteiger partial charge in [0.05, 0.1) is 0 Å². The van der Waals surface area contributed by atoms with Crippen LogP contribution in [0.5, 0.6) is 0 Å². The number of cyclic esters (lactones) is 2. The van der Waals surface area contributed by atoms with E-state index in [0.29, 0.717) is 36.8 Å². The van der Waals surface area contributed by atoms with Crippen LogP contribution in [-0.2, 0) is 28.6 Å². The van der Waals surface area contributed by atoms with E-state index in [4.69, 9.17) is 14.2 Å². The molecule has 0 saturated heterocycles. The molecule has 212 valence electrons. The number of hydrogen-bond acceptors (Lipinski definition) is 7. The number of rotatable bonds is 3. The summed E-state index contributed by atoms with van der Waals surface area (Å²) in [6.07, 6.45) is 10.6. The Morgan fingerprint density at radius 2 is 1.85 bits per heavy atom. The minimum Gasteiger partial charge on any atom is -0.462 e. The molecule has 3 aliphatic carbocycles. The van der Waals surface area contributed by atoms with Gasteiger partial charge in [-0.25, -0.2) is 9.59 Å². The van der Waals surface area contributed by atoms with Gasteiger partial charge in [0.2, 0.25) is 0 Å². The van der Waals surface area contributed by atoms with Crippen LogP contribution in [-0.4, -0.2) is 46.4 Å². The Morgan fingerprint density at radius 1 is 1.13 bits per heavy atom. The van der Waals surface area contributed by atoms with Gasteiger partial charge in [-0.3, -0.25) is 4.79 Å². The van der Waals surface area contributed by atoms with E-state index >= 15 is 0 Å². The standard InChI is InChI=1S/C32H42O7/c1-18-8-10-25(38-28(18)35)19(2)24-17-26(37-20(3)33)31(7)23-13-15-32(36)22(9-11-27(34)39-29(32,4)5)16-21(23)12-14-30(24,31)6/h8-9,11,16,19,24-26,36H,10,12-15,17H2,1-7H3/t19-,24+,25-,26+,30+,31+,32+/m0/s1. The van der Waals surface area contributed by atoms with E-state index in [1.54, 1.807) is 26.8 Å². The molecule has 0 aromatic heterocycles. The fourth-order valence-electron chi connectivity index (χ4n) is 8.44. The zero-order chi connectivity index (χ0) is 28.5. The highest BCUT2D eigenvalue weighted by Crippen LogP contribution is 2.69. The normalized spacial score (nSPS) is 40.1. The smallest absolute Gasteiger partial charge is 0.333 e. The molecular weight excluding hydrogens is 496 g/mol. The number of ether oxygens (including phenoxy) is 3. The number of allylic oxidation sites excluding steroid dienone is 2. The van der Waals surface area contributed by atoms with Crippen LogP contribution in [0.3, 0.4) is 0 Å². The molecule has 2 aliphatic heterocycles. The Balaban J connectivity index is 1.58. The highest BCUT2D eigenvalue weighted by atomic mass is 16.6. The SMILES string of the molecule is CC(=O)O[C@@H]1C[C@H]([C@H](C)[C@@H]2CC=C(C)C(=O)O2)[C@@]2(C)CCC3=C(CC[C@@]4(O)C(=C3)C=CC(=O)OC4(C)C)[C@]12C. The summed E-state index contributed by atoms with van der Waals surface area (Å²) in [7, 11) is 0. The molecule has 5 rings (SSSR count). The fourth-order valence-corrected chi connectivity index (χ4v) is 8.44. The van der Waals surface area contributed by atoms with Crippen molar-refractivity contribution in [2.75, 3.05) is 0 Å². The third-order valence-corrected chi connectivity index (χ3v) is 11.1. The summed E-state index contributed by atoms with van der Waals surface area (Å²) in [5.74, 6) is -0.791. The minimum atomic E-state index is -1.36. The van der Waals surface area contributed by atoms with Gasteiger partial charge in [-0.1, -0.05) is 38.5 Å². The first-order chi connectivity index (χ1) is 18.1. The van der Waals surface area contributed by atoms with Gasteiger partial charge >= 0.3 is 17.9 Å². The number of carbonyl (C=O) groups excluding carboxylic acids is 3. The molecular formula is C32H42O7. The second kappa shape index (κ2) is 9.18. The summed E-state index contributed by atoms with van der Waals surface area (Å²) in [5, 5.41) is 12.0. The molecule has 0 amide bonds. The molecule has 0 unspecified atom stereocenters. The minimum absolute atomic E-state index is 0.0750. The van der Waals surface area contributed by atoms with Gasteiger partial charge in [0.1, 0.15) is 23.4 Å². The molecule has 0 aromatic carbocycles. The van der Waals surface area contributed by atoms with Crippen LogP contribution in [0.15, 0.2) is 46.6 Å². The van der Waals surface area contributed by atoms with Gasteiger partial charge in [-0.15, -0.1) is 0 Å². The van der Waals surface area contributed by atoms with Crippen molar-refractivity contribution in [2.24, 2.45) is 22.7 Å². The van der Waals surface area contributed by atoms with E-state index in [0.717, 1.165) is 18.4 Å². The van der Waals surface area contributed by atoms with E-state index < -0.39 is 22.6 Å². The number of hydrogen-bond donors (Lipinski definition) is 1. The van der Waals surface area contributed by atoms with Gasteiger partial charge in [-0.05, 0) is 87.3 Å². The lowest BCUT2D eigenvalue weighted by Gasteiger charge is -2.53. The van der Waals surface area contributed by atoms with Crippen molar-refractivity contribution in [3.05, 3.63) is 46.6 Å². The number of aliphatic hydroxyl groups is 1. The Labute approximate surface area is 231 Å². The second-order valence-corrected chi connectivity index (χ2v) is 13.2. The van der Waals surface area contributed by atoms with Crippen molar-refractivity contribution < 1.29 is 33.7 Å². The molecule has 1 saturated carbocycles. The lowest BCUT2D eigenvalue weighted by atomic mass is 9.52. The molecule has 7 nitrogen and oxygen atoms in total. The Bertz CT molecular complexity index is 1230. The first-order valence-corrected chi connectivity index (χ1v) is 14.3. The maximum absolute atomic E-state index is 12.4. The van der Waals surface area contributed by atoms with Gasteiger partial charge < -0.3 is 19.3 Å². The molecule has 1 fully saturated rings. The lowest BCUT2D eigenvalue weighted by Crippen LogP contribution is -2.53. The highest BCUT2D eigenvalue weighted by molar-refractivity contribution is 5.88. The van der Waals surface area contributed by atoms with Crippen molar-refractivity contribution in [3.8, 4) is 0 Å². The molecule has 39 heavy (non-hydrogen) atoms. The van der Waals surface area contributed by atoms with Crippen LogP contribution in [0.2, 0.25) is 0 Å². The predicted octanol–water partition coefficient (Wildman–Crippen LogP) is 5.28. The Hall–Kier alpha value is -2.67. The Morgan fingerprint density at radius 3 is 2.51 bits per heavy atom. The van der Waals surface area contributed by atoms with Crippen molar-refractivity contribution in [1.29, 1.82) is 0 Å². The van der Waals surface area contributed by atoms with Crippen molar-refractivity contribution in [2.45, 2.75) is 110 Å². The first-order valence-electron chi connectivity index (χ1n) is 14.3. The summed E-state index contributed by atoms with van der Waals surface area (Å²) in [5.41, 5.74) is 0.506. The summed E-state index contributed by atoms with van der Waals surface area (Å²) >= 11 is 0. The molecule has 0 spiro atoms. The average molecular weight is 539 g/mol. The summed E-state index contributed by atoms with van der Waals surface area (Å²) in [6, 6.07) is 0. The fraction of sp³-hybridized carbons (Fsp3) is 0.656. The summed E-state index contributed by atoms with van der Waals surface area (Å²) in [4.78, 5) is 37.1. The van der Waals surface area contributed by atoms with Gasteiger partial charge in [0.15, 0.2) is 0 Å². The molecule has 2 heterocycles. The molecule has 5 aliphatic rings. The zero-order valence-electron chi connectivity index (χ0n) is 24.3. The predicted molar refractivity (Wildman–Crippen MR) is 145 cm³/mol. The van der Waals surface area contributed by atoms with Crippen molar-refractivity contribution in [3.63, 3.8) is 0 Å². The van der Waals surface area contributed by atoms with Crippen molar-refractivity contribution in [1.82, 2.24) is 0 Å². The number of fused-ring (bicyclic) bond motifs is 3. The third kappa shape index (κ3) is 4.06. The van der Waals surface area contributed by atoms with Crippen LogP contribution < -0.4 is 0 Å². The largest absolute Gasteiger partial charge is 0.462 e. The van der Waals surface area contributed by atoms with Gasteiger partial charge in [0, 0.05) is 30.4 Å². The second-order valence-electron chi connectivity index (χ2n) is 13.2. The van der Waals surface area contributed by atoms with Crippen LogP contribution in [0.25, 0.3) is 0 Å². The maximum atomic E-state index is 12.4. The average Bonchev–Trinajstić information content (AvgIpc) is 2.93. The molecule has 0 aromatic rings. The van der Waals surface area contributed by atoms with Crippen LogP contribution in [0.1, 0.15) is 87.0 Å². The van der Waals surface area contributed by atoms with Crippen LogP contribution in [0.4, 0.5) is 0 Å². The zero-order valence-corrected chi connectivity index (χ0v) is 24.3. The molecule has 7 atom stereocenters. The van der Waals surface area contributed by atoms with E-state index in [-0.39, 0.29) is 41.4 Å². The van der Waals surface area contributed by atoms with Crippen LogP contribution >= 0.6 is 0 Å². The monoisotopic (exact) mass is 538 g/mol. The maximum Gasteiger partial charge on any atom is 0.333 e. The summed E-state index contributed by atoms with van der Waals surface area (Å²) in [6.45, 7) is 13.5.